The number of halogens is 3. The van der Waals surface area contributed by atoms with Crippen molar-refractivity contribution in [2.75, 3.05) is 44.2 Å². The first-order valence-corrected chi connectivity index (χ1v) is 10.5. The van der Waals surface area contributed by atoms with Gasteiger partial charge in [-0.15, -0.1) is 0 Å². The minimum atomic E-state index is -4.42. The van der Waals surface area contributed by atoms with Gasteiger partial charge in [0, 0.05) is 52.0 Å². The smallest absolute Gasteiger partial charge is 0.418 e. The van der Waals surface area contributed by atoms with E-state index in [9.17, 15) is 22.8 Å². The molecule has 0 bridgehead atoms. The van der Waals surface area contributed by atoms with Gasteiger partial charge in [-0.05, 0) is 30.5 Å². The molecule has 0 radical (unpaired) electrons. The number of hydrogen-bond acceptors (Lipinski definition) is 5. The van der Waals surface area contributed by atoms with E-state index in [-0.39, 0.29) is 11.4 Å². The second-order valence-electron chi connectivity index (χ2n) is 8.00. The van der Waals surface area contributed by atoms with Crippen LogP contribution in [-0.2, 0) is 12.7 Å². The maximum Gasteiger partial charge on any atom is 0.418 e. The molecule has 1 aromatic carbocycles. The van der Waals surface area contributed by atoms with Gasteiger partial charge >= 0.3 is 18.2 Å². The van der Waals surface area contributed by atoms with E-state index in [1.54, 1.807) is 11.0 Å². The lowest BCUT2D eigenvalue weighted by Gasteiger charge is -2.35. The predicted octanol–water partition coefficient (Wildman–Crippen LogP) is 2.99. The number of carbonyl (C=O) groups excluding carboxylic acids is 1. The third-order valence-electron chi connectivity index (χ3n) is 5.89. The molecule has 1 amide bonds. The van der Waals surface area contributed by atoms with Crippen molar-refractivity contribution in [2.24, 2.45) is 0 Å². The Bertz CT molecular complexity index is 993. The van der Waals surface area contributed by atoms with Crippen molar-refractivity contribution in [3.8, 4) is 0 Å². The quantitative estimate of drug-likeness (QED) is 0.770. The highest BCUT2D eigenvalue weighted by molar-refractivity contribution is 5.86. The number of para-hydroxylation sites is 1. The van der Waals surface area contributed by atoms with Crippen LogP contribution in [0, 0.1) is 0 Å². The summed E-state index contributed by atoms with van der Waals surface area (Å²) in [6, 6.07) is 5.18. The van der Waals surface area contributed by atoms with Gasteiger partial charge in [0.05, 0.1) is 11.3 Å². The van der Waals surface area contributed by atoms with Crippen LogP contribution in [0.3, 0.4) is 0 Å². The molecule has 0 aliphatic carbocycles. The van der Waals surface area contributed by atoms with Crippen LogP contribution in [0.1, 0.15) is 34.5 Å². The van der Waals surface area contributed by atoms with Crippen LogP contribution in [-0.4, -0.2) is 76.0 Å². The van der Waals surface area contributed by atoms with Gasteiger partial charge in [0.2, 0.25) is 0 Å². The molecule has 2 aromatic rings. The van der Waals surface area contributed by atoms with E-state index in [0.29, 0.717) is 51.4 Å². The lowest BCUT2D eigenvalue weighted by molar-refractivity contribution is -0.137. The molecule has 11 heteroatoms. The summed E-state index contributed by atoms with van der Waals surface area (Å²) in [7, 11) is 0. The fraction of sp³-hybridized carbons (Fsp3) is 0.476. The number of alkyl halides is 3. The highest BCUT2D eigenvalue weighted by Crippen LogP contribution is 2.40. The summed E-state index contributed by atoms with van der Waals surface area (Å²) in [5.41, 5.74) is 0.100. The molecule has 2 saturated heterocycles. The fourth-order valence-electron chi connectivity index (χ4n) is 4.29. The first-order valence-electron chi connectivity index (χ1n) is 10.5. The zero-order valence-corrected chi connectivity index (χ0v) is 17.4. The summed E-state index contributed by atoms with van der Waals surface area (Å²) in [4.78, 5) is 28.9. The van der Waals surface area contributed by atoms with Crippen molar-refractivity contribution in [3.63, 3.8) is 0 Å². The predicted molar refractivity (Wildman–Crippen MR) is 110 cm³/mol. The molecule has 172 valence electrons. The monoisotopic (exact) mass is 451 g/mol. The summed E-state index contributed by atoms with van der Waals surface area (Å²) >= 11 is 0. The van der Waals surface area contributed by atoms with Crippen molar-refractivity contribution >= 4 is 17.7 Å². The molecule has 8 nitrogen and oxygen atoms in total. The lowest BCUT2D eigenvalue weighted by Crippen LogP contribution is -2.49. The van der Waals surface area contributed by atoms with Crippen LogP contribution >= 0.6 is 0 Å². The molecule has 1 N–H and O–H groups in total. The van der Waals surface area contributed by atoms with E-state index in [2.05, 4.69) is 5.10 Å². The number of carboxylic acid groups (broad SMARTS) is 1. The van der Waals surface area contributed by atoms with Gasteiger partial charge in [0.25, 0.3) is 0 Å². The molecular weight excluding hydrogens is 427 g/mol. The number of carboxylic acids is 1. The van der Waals surface area contributed by atoms with Crippen LogP contribution in [0.4, 0.5) is 23.7 Å². The maximum atomic E-state index is 13.7. The average Bonchev–Trinajstić information content (AvgIpc) is 3.45. The molecule has 0 unspecified atom stereocenters. The maximum absolute atomic E-state index is 13.7. The summed E-state index contributed by atoms with van der Waals surface area (Å²) in [5, 5.41) is 12.7. The average molecular weight is 451 g/mol. The molecule has 2 aliphatic rings. The number of nitrogens with zero attached hydrogens (tertiary/aromatic N) is 5. The lowest BCUT2D eigenvalue weighted by atomic mass is 10.0. The number of hydrogen-bond donors (Lipinski definition) is 1. The van der Waals surface area contributed by atoms with Crippen LogP contribution < -0.4 is 4.90 Å². The SMILES string of the molecule is O=C(O)c1ccn(C(=O)N2CCN(Cc3cccc(C(F)(F)F)c3N3CCCC3)CC2)n1. The zero-order valence-electron chi connectivity index (χ0n) is 17.4. The standard InChI is InChI=1S/C21H24F3N5O3/c22-21(23,24)16-5-3-4-15(18(16)27-7-1-2-8-27)14-26-10-12-28(13-11-26)20(32)29-9-6-17(25-29)19(30)31/h3-6,9H,1-2,7-8,10-14H2,(H,30,31). The third kappa shape index (κ3) is 4.57. The number of benzene rings is 1. The molecule has 2 aliphatic heterocycles. The van der Waals surface area contributed by atoms with Gasteiger partial charge in [0.1, 0.15) is 0 Å². The molecule has 0 saturated carbocycles. The van der Waals surface area contributed by atoms with Crippen molar-refractivity contribution in [1.29, 1.82) is 0 Å². The van der Waals surface area contributed by atoms with Crippen LogP contribution in [0.15, 0.2) is 30.5 Å². The topological polar surface area (TPSA) is 81.9 Å². The second kappa shape index (κ2) is 8.81. The number of anilines is 1. The van der Waals surface area contributed by atoms with Crippen molar-refractivity contribution in [2.45, 2.75) is 25.6 Å². The number of rotatable bonds is 4. The second-order valence-corrected chi connectivity index (χ2v) is 8.00. The van der Waals surface area contributed by atoms with Crippen LogP contribution in [0.5, 0.6) is 0 Å². The van der Waals surface area contributed by atoms with E-state index < -0.39 is 23.7 Å². The van der Waals surface area contributed by atoms with Crippen molar-refractivity contribution in [1.82, 2.24) is 19.6 Å². The molecule has 0 spiro atoms. The Morgan fingerprint density at radius 2 is 1.69 bits per heavy atom. The minimum absolute atomic E-state index is 0.212. The van der Waals surface area contributed by atoms with Gasteiger partial charge < -0.3 is 14.9 Å². The summed E-state index contributed by atoms with van der Waals surface area (Å²) < 4.78 is 42.0. The number of aromatic nitrogens is 2. The number of amides is 1. The molecule has 4 rings (SSSR count). The van der Waals surface area contributed by atoms with Crippen LogP contribution in [0.2, 0.25) is 0 Å². The Kier molecular flexibility index (Phi) is 6.09. The van der Waals surface area contributed by atoms with E-state index in [0.717, 1.165) is 23.6 Å². The molecule has 3 heterocycles. The van der Waals surface area contributed by atoms with Gasteiger partial charge in [-0.2, -0.15) is 23.0 Å². The zero-order chi connectivity index (χ0) is 22.9. The minimum Gasteiger partial charge on any atom is -0.476 e. The first kappa shape index (κ1) is 22.1. The van der Waals surface area contributed by atoms with Crippen LogP contribution in [0.25, 0.3) is 0 Å². The third-order valence-corrected chi connectivity index (χ3v) is 5.89. The van der Waals surface area contributed by atoms with Gasteiger partial charge in [-0.1, -0.05) is 12.1 Å². The Morgan fingerprint density at radius 1 is 1.00 bits per heavy atom. The van der Waals surface area contributed by atoms with Crippen molar-refractivity contribution in [3.05, 3.63) is 47.3 Å². The van der Waals surface area contributed by atoms with E-state index in [4.69, 9.17) is 5.11 Å². The Morgan fingerprint density at radius 3 is 2.28 bits per heavy atom. The Balaban J connectivity index is 1.45. The Hall–Kier alpha value is -3.08. The first-order chi connectivity index (χ1) is 15.2. The van der Waals surface area contributed by atoms with E-state index in [1.165, 1.54) is 18.3 Å². The number of aromatic carboxylic acids is 1. The molecule has 2 fully saturated rings. The Labute approximate surface area is 182 Å². The van der Waals surface area contributed by atoms with Gasteiger partial charge in [-0.25, -0.2) is 9.59 Å². The normalized spacial score (nSPS) is 17.7. The summed E-state index contributed by atoms with van der Waals surface area (Å²) in [6.07, 6.45) is -1.35. The molecule has 1 aromatic heterocycles. The highest BCUT2D eigenvalue weighted by atomic mass is 19.4. The largest absolute Gasteiger partial charge is 0.476 e. The fourth-order valence-corrected chi connectivity index (χ4v) is 4.29. The number of piperazine rings is 1. The molecular formula is C21H24F3N5O3. The van der Waals surface area contributed by atoms with E-state index in [1.807, 2.05) is 9.80 Å². The van der Waals surface area contributed by atoms with E-state index >= 15 is 0 Å². The number of carbonyl (C=O) groups is 2. The summed E-state index contributed by atoms with van der Waals surface area (Å²) in [5.74, 6) is -1.21. The van der Waals surface area contributed by atoms with Gasteiger partial charge in [0.15, 0.2) is 5.69 Å². The molecule has 32 heavy (non-hydrogen) atoms. The highest BCUT2D eigenvalue weighted by Gasteiger charge is 2.37. The molecule has 0 atom stereocenters. The summed E-state index contributed by atoms with van der Waals surface area (Å²) in [6.45, 7) is 3.33. The van der Waals surface area contributed by atoms with Gasteiger partial charge in [-0.3, -0.25) is 4.90 Å². The van der Waals surface area contributed by atoms with Crippen molar-refractivity contribution < 1.29 is 27.9 Å².